The van der Waals surface area contributed by atoms with E-state index in [1.165, 1.54) is 12.3 Å². The lowest BCUT2D eigenvalue weighted by Crippen LogP contribution is -2.19. The summed E-state index contributed by atoms with van der Waals surface area (Å²) in [6.45, 7) is 0. The smallest absolute Gasteiger partial charge is 0.226 e. The van der Waals surface area contributed by atoms with Crippen LogP contribution in [-0.2, 0) is 4.74 Å². The zero-order chi connectivity index (χ0) is 5.98. The van der Waals surface area contributed by atoms with Crippen molar-refractivity contribution in [2.24, 2.45) is 0 Å². The third-order valence-electron chi connectivity index (χ3n) is 0.767. The Kier molecular flexibility index (Phi) is 0.750. The van der Waals surface area contributed by atoms with Crippen LogP contribution in [-0.4, -0.2) is 24.0 Å². The SMILES string of the molecule is [2H]OC1C=COC1O. The molecule has 7 heavy (non-hydrogen) atoms. The van der Waals surface area contributed by atoms with E-state index >= 15 is 0 Å². The lowest BCUT2D eigenvalue weighted by molar-refractivity contribution is -0.0921. The van der Waals surface area contributed by atoms with Crippen molar-refractivity contribution in [2.75, 3.05) is 0 Å². The molecule has 0 aliphatic carbocycles. The first-order valence-corrected chi connectivity index (χ1v) is 1.97. The number of rotatable bonds is 1. The summed E-state index contributed by atoms with van der Waals surface area (Å²) >= 11 is 0. The predicted octanol–water partition coefficient (Wildman–Crippen LogP) is -0.790. The van der Waals surface area contributed by atoms with Gasteiger partial charge in [0.1, 0.15) is 6.10 Å². The molecule has 2 atom stereocenters. The summed E-state index contributed by atoms with van der Waals surface area (Å²) in [6.07, 6.45) is 1.17. The van der Waals surface area contributed by atoms with Gasteiger partial charge in [-0.25, -0.2) is 0 Å². The van der Waals surface area contributed by atoms with Crippen LogP contribution in [0.15, 0.2) is 12.3 Å². The molecule has 0 aromatic rings. The topological polar surface area (TPSA) is 49.7 Å². The minimum absolute atomic E-state index is 0.616. The van der Waals surface area contributed by atoms with Gasteiger partial charge in [0.15, 0.2) is 0 Å². The normalized spacial score (nSPS) is 40.4. The number of aliphatic hydroxyl groups is 2. The van der Waals surface area contributed by atoms with E-state index in [1.54, 1.807) is 0 Å². The second kappa shape index (κ2) is 1.52. The van der Waals surface area contributed by atoms with Gasteiger partial charge >= 0.3 is 0 Å². The van der Waals surface area contributed by atoms with Gasteiger partial charge in [-0.1, -0.05) is 0 Å². The first-order valence-electron chi connectivity index (χ1n) is 2.37. The number of aliphatic hydroxyl groups excluding tert-OH is 2. The van der Waals surface area contributed by atoms with Crippen molar-refractivity contribution >= 4 is 0 Å². The van der Waals surface area contributed by atoms with Crippen molar-refractivity contribution in [1.29, 1.82) is 1.43 Å². The van der Waals surface area contributed by atoms with Crippen molar-refractivity contribution < 1.29 is 15.0 Å². The Morgan fingerprint density at radius 2 is 2.71 bits per heavy atom. The summed E-state index contributed by atoms with van der Waals surface area (Å²) in [5, 5.41) is 12.7. The zero-order valence-corrected chi connectivity index (χ0v) is 3.57. The monoisotopic (exact) mass is 103 g/mol. The van der Waals surface area contributed by atoms with Gasteiger partial charge in [-0.2, -0.15) is 0 Å². The maximum absolute atomic E-state index is 8.66. The van der Waals surface area contributed by atoms with Gasteiger partial charge in [0.25, 0.3) is 0 Å². The predicted molar refractivity (Wildman–Crippen MR) is 22.2 cm³/mol. The second-order valence-electron chi connectivity index (χ2n) is 1.32. The molecule has 1 aliphatic heterocycles. The average Bonchev–Trinajstić information content (AvgIpc) is 2.14. The van der Waals surface area contributed by atoms with Crippen molar-refractivity contribution in [3.63, 3.8) is 0 Å². The minimum Gasteiger partial charge on any atom is -0.470 e. The fourth-order valence-corrected chi connectivity index (χ4v) is 0.376. The Labute approximate surface area is 42.3 Å². The first-order chi connectivity index (χ1) is 3.84. The average molecular weight is 103 g/mol. The van der Waals surface area contributed by atoms with Crippen LogP contribution in [0.3, 0.4) is 0 Å². The van der Waals surface area contributed by atoms with E-state index in [-0.39, 0.29) is 0 Å². The van der Waals surface area contributed by atoms with Gasteiger partial charge in [0.05, 0.1) is 6.26 Å². The van der Waals surface area contributed by atoms with Crippen LogP contribution in [0.1, 0.15) is 0 Å². The van der Waals surface area contributed by atoms with Gasteiger partial charge in [0.2, 0.25) is 7.72 Å². The largest absolute Gasteiger partial charge is 0.470 e. The van der Waals surface area contributed by atoms with Gasteiger partial charge < -0.3 is 15.0 Å². The van der Waals surface area contributed by atoms with Crippen LogP contribution in [0.2, 0.25) is 0 Å². The molecule has 0 radical (unpaired) electrons. The van der Waals surface area contributed by atoms with Crippen molar-refractivity contribution in [1.82, 2.24) is 0 Å². The maximum Gasteiger partial charge on any atom is 0.226 e. The molecule has 0 bridgehead atoms. The molecule has 1 rings (SSSR count). The molecule has 0 amide bonds. The summed E-state index contributed by atoms with van der Waals surface area (Å²) in [6, 6.07) is 0. The van der Waals surface area contributed by atoms with Gasteiger partial charge in [0, 0.05) is 0 Å². The van der Waals surface area contributed by atoms with E-state index in [9.17, 15) is 0 Å². The minimum atomic E-state index is -0.993. The van der Waals surface area contributed by atoms with E-state index in [4.69, 9.17) is 6.54 Å². The molecule has 40 valence electrons. The summed E-state index contributed by atoms with van der Waals surface area (Å²) in [4.78, 5) is 0. The van der Waals surface area contributed by atoms with Gasteiger partial charge in [-0.05, 0) is 6.08 Å². The van der Waals surface area contributed by atoms with Crippen molar-refractivity contribution in [3.8, 4) is 0 Å². The molecular weight excluding hydrogens is 96.0 g/mol. The quantitative estimate of drug-likeness (QED) is 0.457. The molecule has 2 unspecified atom stereocenters. The molecule has 1 heterocycles. The Hall–Kier alpha value is -0.540. The number of hydrogen-bond donors (Lipinski definition) is 2. The van der Waals surface area contributed by atoms with E-state index in [0.29, 0.717) is 0 Å². The summed E-state index contributed by atoms with van der Waals surface area (Å²) in [5.74, 6) is 0. The van der Waals surface area contributed by atoms with Crippen LogP contribution in [0.25, 0.3) is 0 Å². The number of ether oxygens (including phenoxy) is 1. The molecule has 0 spiro atoms. The maximum atomic E-state index is 8.66. The highest BCUT2D eigenvalue weighted by Gasteiger charge is 2.17. The molecule has 2 N–H and O–H groups in total. The fourth-order valence-electron chi connectivity index (χ4n) is 0.376. The first kappa shape index (κ1) is 3.46. The third-order valence-corrected chi connectivity index (χ3v) is 0.767. The van der Waals surface area contributed by atoms with Crippen LogP contribution >= 0.6 is 0 Å². The standard InChI is InChI=1S/C4H6O3/c5-3-1-2-7-4(3)6/h1-6H/i5D. The summed E-state index contributed by atoms with van der Waals surface area (Å²) in [5.41, 5.74) is 0. The Balaban J connectivity index is 2.41. The molecule has 3 heteroatoms. The molecular formula is C4H6O3. The van der Waals surface area contributed by atoms with Crippen LogP contribution < -0.4 is 0 Å². The second-order valence-corrected chi connectivity index (χ2v) is 1.32. The van der Waals surface area contributed by atoms with Crippen LogP contribution in [0, 0.1) is 0 Å². The van der Waals surface area contributed by atoms with E-state index in [2.05, 4.69) is 9.85 Å². The Morgan fingerprint density at radius 3 is 3.00 bits per heavy atom. The van der Waals surface area contributed by atoms with Crippen molar-refractivity contribution in [3.05, 3.63) is 12.3 Å². The van der Waals surface area contributed by atoms with E-state index < -0.39 is 12.4 Å². The summed E-state index contributed by atoms with van der Waals surface area (Å²) < 4.78 is 10.8. The highest BCUT2D eigenvalue weighted by atomic mass is 16.6. The molecule has 0 saturated heterocycles. The molecule has 0 fully saturated rings. The Morgan fingerprint density at radius 1 is 1.86 bits per heavy atom. The molecule has 0 aromatic heterocycles. The number of hydrogen-bond acceptors (Lipinski definition) is 3. The highest BCUT2D eigenvalue weighted by Crippen LogP contribution is 2.04. The van der Waals surface area contributed by atoms with E-state index in [0.717, 1.165) is 0 Å². The fraction of sp³-hybridized carbons (Fsp3) is 0.500. The van der Waals surface area contributed by atoms with Crippen LogP contribution in [0.4, 0.5) is 0 Å². The lowest BCUT2D eigenvalue weighted by atomic mass is 10.4. The van der Waals surface area contributed by atoms with E-state index in [1.807, 2.05) is 0 Å². The Bertz CT molecular complexity index is 103. The molecule has 0 saturated carbocycles. The highest BCUT2D eigenvalue weighted by molar-refractivity contribution is 4.91. The lowest BCUT2D eigenvalue weighted by Gasteiger charge is -2.03. The van der Waals surface area contributed by atoms with Gasteiger partial charge in [-0.15, -0.1) is 0 Å². The molecule has 3 nitrogen and oxygen atoms in total. The third kappa shape index (κ3) is 0.730. The zero-order valence-electron chi connectivity index (χ0n) is 4.57. The van der Waals surface area contributed by atoms with Crippen LogP contribution in [0.5, 0.6) is 0 Å². The summed E-state index contributed by atoms with van der Waals surface area (Å²) in [7, 11) is 0. The van der Waals surface area contributed by atoms with Gasteiger partial charge in [-0.3, -0.25) is 0 Å². The molecule has 1 aliphatic rings. The van der Waals surface area contributed by atoms with Crippen molar-refractivity contribution in [2.45, 2.75) is 12.4 Å². The molecule has 0 aromatic carbocycles.